The van der Waals surface area contributed by atoms with E-state index in [1.165, 1.54) is 17.0 Å². The molecule has 0 radical (unpaired) electrons. The van der Waals surface area contributed by atoms with E-state index in [2.05, 4.69) is 10.3 Å². The Labute approximate surface area is 155 Å². The lowest BCUT2D eigenvalue weighted by Gasteiger charge is -2.10. The number of thiazole rings is 1. The third kappa shape index (κ3) is 3.05. The molecule has 0 bridgehead atoms. The lowest BCUT2D eigenvalue weighted by molar-refractivity contribution is 0.0952. The molecule has 2 heterocycles. The maximum Gasteiger partial charge on any atom is 0.256 e. The van der Waals surface area contributed by atoms with Gasteiger partial charge in [0.25, 0.3) is 5.91 Å². The summed E-state index contributed by atoms with van der Waals surface area (Å²) in [4.78, 5) is 31.3. The first-order valence-corrected chi connectivity index (χ1v) is 9.70. The van der Waals surface area contributed by atoms with E-state index < -0.39 is 0 Å². The van der Waals surface area contributed by atoms with Crippen LogP contribution in [0.25, 0.3) is 10.9 Å². The molecular weight excluding hydrogens is 346 g/mol. The zero-order valence-electron chi connectivity index (χ0n) is 15.0. The molecule has 0 spiro atoms. The number of pyridine rings is 1. The number of hydrogen-bond donors (Lipinski definition) is 1. The minimum Gasteiger partial charge on any atom is -0.351 e. The summed E-state index contributed by atoms with van der Waals surface area (Å²) in [6.07, 6.45) is 5.73. The summed E-state index contributed by atoms with van der Waals surface area (Å²) >= 11 is 1.75. The molecule has 0 saturated carbocycles. The molecule has 0 atom stereocenters. The molecule has 0 fully saturated rings. The summed E-state index contributed by atoms with van der Waals surface area (Å²) in [5, 5.41) is 4.52. The first-order chi connectivity index (χ1) is 12.5. The van der Waals surface area contributed by atoms with Crippen molar-refractivity contribution in [2.24, 2.45) is 7.05 Å². The predicted molar refractivity (Wildman–Crippen MR) is 104 cm³/mol. The number of rotatable bonds is 4. The van der Waals surface area contributed by atoms with Gasteiger partial charge in [0, 0.05) is 36.5 Å². The number of aryl methyl sites for hydroxylation is 4. The monoisotopic (exact) mass is 367 g/mol. The molecule has 0 saturated heterocycles. The molecular formula is C20H21N3O2S. The van der Waals surface area contributed by atoms with Crippen molar-refractivity contribution in [1.29, 1.82) is 0 Å². The lowest BCUT2D eigenvalue weighted by atomic mass is 10.1. The summed E-state index contributed by atoms with van der Waals surface area (Å²) in [6.45, 7) is 2.43. The molecule has 1 amide bonds. The molecule has 5 nitrogen and oxygen atoms in total. The molecule has 1 N–H and O–H groups in total. The average molecular weight is 367 g/mol. The van der Waals surface area contributed by atoms with Gasteiger partial charge in [0.15, 0.2) is 0 Å². The third-order valence-corrected chi connectivity index (χ3v) is 6.07. The number of benzene rings is 1. The highest BCUT2D eigenvalue weighted by atomic mass is 32.1. The van der Waals surface area contributed by atoms with Crippen molar-refractivity contribution in [3.8, 4) is 0 Å². The van der Waals surface area contributed by atoms with Crippen LogP contribution in [0.1, 0.15) is 37.9 Å². The number of fused-ring (bicyclic) bond motifs is 2. The van der Waals surface area contributed by atoms with Crippen LogP contribution in [0.4, 0.5) is 0 Å². The van der Waals surface area contributed by atoms with Crippen molar-refractivity contribution in [2.75, 3.05) is 6.54 Å². The summed E-state index contributed by atoms with van der Waals surface area (Å²) in [6, 6.07) is 5.72. The van der Waals surface area contributed by atoms with Gasteiger partial charge in [0.05, 0.1) is 16.2 Å². The second kappa shape index (κ2) is 6.68. The molecule has 1 aromatic carbocycles. The van der Waals surface area contributed by atoms with E-state index in [9.17, 15) is 9.59 Å². The smallest absolute Gasteiger partial charge is 0.256 e. The van der Waals surface area contributed by atoms with Gasteiger partial charge in [-0.05, 0) is 38.3 Å². The average Bonchev–Trinajstić information content (AvgIpc) is 3.19. The number of amides is 1. The molecule has 1 aliphatic carbocycles. The quantitative estimate of drug-likeness (QED) is 0.771. The van der Waals surface area contributed by atoms with Crippen LogP contribution >= 0.6 is 11.3 Å². The molecule has 3 aromatic rings. The zero-order chi connectivity index (χ0) is 18.3. The molecule has 26 heavy (non-hydrogen) atoms. The fraction of sp³-hybridized carbons (Fsp3) is 0.350. The Morgan fingerprint density at radius 2 is 2.19 bits per heavy atom. The van der Waals surface area contributed by atoms with Crippen LogP contribution in [0, 0.1) is 6.92 Å². The standard InChI is InChI=1S/C20H21N3O2S/c1-12-6-7-16-13(10-12)19(24)14(11-23(16)2)20(25)21-9-8-18-22-15-4-3-5-17(15)26-18/h6-7,10-11H,3-5,8-9H2,1-2H3,(H,21,25). The van der Waals surface area contributed by atoms with Gasteiger partial charge in [-0.1, -0.05) is 11.6 Å². The van der Waals surface area contributed by atoms with Gasteiger partial charge < -0.3 is 9.88 Å². The first kappa shape index (κ1) is 17.0. The van der Waals surface area contributed by atoms with E-state index in [1.807, 2.05) is 36.7 Å². The second-order valence-electron chi connectivity index (χ2n) is 6.84. The highest BCUT2D eigenvalue weighted by Crippen LogP contribution is 2.27. The minimum absolute atomic E-state index is 0.187. The Hall–Kier alpha value is -2.47. The summed E-state index contributed by atoms with van der Waals surface area (Å²) in [5.74, 6) is -0.321. The van der Waals surface area contributed by atoms with Crippen LogP contribution in [0.15, 0.2) is 29.2 Å². The van der Waals surface area contributed by atoms with Crippen LogP contribution in [0.5, 0.6) is 0 Å². The topological polar surface area (TPSA) is 64.0 Å². The number of hydrogen-bond acceptors (Lipinski definition) is 4. The van der Waals surface area contributed by atoms with E-state index in [4.69, 9.17) is 0 Å². The molecule has 2 aromatic heterocycles. The summed E-state index contributed by atoms with van der Waals surface area (Å²) < 4.78 is 1.83. The summed E-state index contributed by atoms with van der Waals surface area (Å²) in [5.41, 5.74) is 3.04. The predicted octanol–water partition coefficient (Wildman–Crippen LogP) is 2.76. The fourth-order valence-electron chi connectivity index (χ4n) is 3.50. The molecule has 0 aliphatic heterocycles. The second-order valence-corrected chi connectivity index (χ2v) is 8.01. The fourth-order valence-corrected chi connectivity index (χ4v) is 4.65. The van der Waals surface area contributed by atoms with Gasteiger partial charge in [0.2, 0.25) is 5.43 Å². The van der Waals surface area contributed by atoms with Crippen LogP contribution in [0.3, 0.4) is 0 Å². The van der Waals surface area contributed by atoms with Crippen molar-refractivity contribution >= 4 is 28.1 Å². The van der Waals surface area contributed by atoms with E-state index in [0.717, 1.165) is 28.9 Å². The Morgan fingerprint density at radius 1 is 1.35 bits per heavy atom. The molecule has 6 heteroatoms. The van der Waals surface area contributed by atoms with Gasteiger partial charge in [-0.3, -0.25) is 9.59 Å². The number of nitrogens with zero attached hydrogens (tertiary/aromatic N) is 2. The number of carbonyl (C=O) groups is 1. The number of aromatic nitrogens is 2. The maximum absolute atomic E-state index is 12.7. The zero-order valence-corrected chi connectivity index (χ0v) is 15.8. The van der Waals surface area contributed by atoms with E-state index in [-0.39, 0.29) is 16.9 Å². The van der Waals surface area contributed by atoms with Crippen molar-refractivity contribution in [1.82, 2.24) is 14.9 Å². The van der Waals surface area contributed by atoms with Crippen molar-refractivity contribution in [3.05, 3.63) is 61.3 Å². The Morgan fingerprint density at radius 3 is 3.00 bits per heavy atom. The van der Waals surface area contributed by atoms with Gasteiger partial charge in [-0.2, -0.15) is 0 Å². The Bertz CT molecular complexity index is 1040. The molecule has 1 aliphatic rings. The Balaban J connectivity index is 1.50. The van der Waals surface area contributed by atoms with Crippen molar-refractivity contribution in [2.45, 2.75) is 32.6 Å². The van der Waals surface area contributed by atoms with Crippen molar-refractivity contribution in [3.63, 3.8) is 0 Å². The molecule has 0 unspecified atom stereocenters. The van der Waals surface area contributed by atoms with Gasteiger partial charge in [-0.15, -0.1) is 11.3 Å². The van der Waals surface area contributed by atoms with Gasteiger partial charge in [0.1, 0.15) is 5.56 Å². The SMILES string of the molecule is Cc1ccc2c(c1)c(=O)c(C(=O)NCCc1nc3c(s1)CCC3)cn2C. The van der Waals surface area contributed by atoms with Crippen LogP contribution in [-0.4, -0.2) is 22.0 Å². The van der Waals surface area contributed by atoms with Gasteiger partial charge >= 0.3 is 0 Å². The van der Waals surface area contributed by atoms with Crippen LogP contribution in [-0.2, 0) is 26.3 Å². The number of carbonyl (C=O) groups excluding carboxylic acids is 1. The van der Waals surface area contributed by atoms with E-state index in [1.54, 1.807) is 17.5 Å². The summed E-state index contributed by atoms with van der Waals surface area (Å²) in [7, 11) is 1.85. The molecule has 134 valence electrons. The first-order valence-electron chi connectivity index (χ1n) is 8.88. The largest absolute Gasteiger partial charge is 0.351 e. The van der Waals surface area contributed by atoms with E-state index in [0.29, 0.717) is 18.4 Å². The normalized spacial score (nSPS) is 13.2. The van der Waals surface area contributed by atoms with E-state index >= 15 is 0 Å². The van der Waals surface area contributed by atoms with Crippen molar-refractivity contribution < 1.29 is 4.79 Å². The highest BCUT2D eigenvalue weighted by Gasteiger charge is 2.17. The number of nitrogens with one attached hydrogen (secondary N) is 1. The molecule has 4 rings (SSSR count). The minimum atomic E-state index is -0.321. The third-order valence-electron chi connectivity index (χ3n) is 4.85. The maximum atomic E-state index is 12.7. The van der Waals surface area contributed by atoms with Gasteiger partial charge in [-0.25, -0.2) is 4.98 Å². The van der Waals surface area contributed by atoms with Crippen LogP contribution in [0.2, 0.25) is 0 Å². The highest BCUT2D eigenvalue weighted by molar-refractivity contribution is 7.11. The van der Waals surface area contributed by atoms with Crippen LogP contribution < -0.4 is 10.7 Å². The lowest BCUT2D eigenvalue weighted by Crippen LogP contribution is -2.31. The Kier molecular flexibility index (Phi) is 4.36.